The molecule has 1 aliphatic carbocycles. The van der Waals surface area contributed by atoms with Crippen molar-refractivity contribution in [3.05, 3.63) is 30.1 Å². The molecule has 3 rings (SSSR count). The molecule has 146 valence electrons. The monoisotopic (exact) mass is 476 g/mol. The van der Waals surface area contributed by atoms with Crippen LogP contribution in [-0.4, -0.2) is 51.9 Å². The Labute approximate surface area is 172 Å². The molecule has 1 aromatic carbocycles. The number of nitrogens with one attached hydrogen (secondary N) is 2. The van der Waals surface area contributed by atoms with E-state index in [1.807, 2.05) is 6.07 Å². The first-order valence-electron chi connectivity index (χ1n) is 9.30. The molecule has 1 aliphatic heterocycles. The minimum atomic E-state index is -0.175. The third-order valence-electron chi connectivity index (χ3n) is 4.82. The summed E-state index contributed by atoms with van der Waals surface area (Å²) in [5, 5.41) is 6.80. The van der Waals surface area contributed by atoms with Gasteiger partial charge in [-0.05, 0) is 49.8 Å². The van der Waals surface area contributed by atoms with Crippen LogP contribution in [0, 0.1) is 11.7 Å². The average Bonchev–Trinajstić information content (AvgIpc) is 3.45. The highest BCUT2D eigenvalue weighted by molar-refractivity contribution is 14.0. The summed E-state index contributed by atoms with van der Waals surface area (Å²) in [6.45, 7) is 4.22. The van der Waals surface area contributed by atoms with Crippen LogP contribution >= 0.6 is 24.0 Å². The van der Waals surface area contributed by atoms with Crippen LogP contribution in [-0.2, 0) is 4.74 Å². The largest absolute Gasteiger partial charge is 0.379 e. The number of nitrogens with zero attached hydrogens (tertiary/aromatic N) is 2. The molecule has 0 atom stereocenters. The predicted octanol–water partition coefficient (Wildman–Crippen LogP) is 3.00. The van der Waals surface area contributed by atoms with Crippen molar-refractivity contribution in [3.63, 3.8) is 0 Å². The van der Waals surface area contributed by atoms with Crippen molar-refractivity contribution in [1.29, 1.82) is 0 Å². The number of hydrogen-bond acceptors (Lipinski definition) is 3. The van der Waals surface area contributed by atoms with Gasteiger partial charge in [-0.2, -0.15) is 0 Å². The summed E-state index contributed by atoms with van der Waals surface area (Å²) in [5.41, 5.74) is 0.966. The Balaban J connectivity index is 0.00000243. The number of rotatable bonds is 7. The number of halogens is 2. The lowest BCUT2D eigenvalue weighted by Gasteiger charge is -2.34. The molecule has 1 saturated heterocycles. The maximum atomic E-state index is 13.4. The second-order valence-electron chi connectivity index (χ2n) is 6.90. The SMILES string of the molecule is CN=C(NCCOCC1CC1)NC1CCN(c2cccc(F)c2)CC1.I. The molecule has 0 aromatic heterocycles. The Morgan fingerprint density at radius 1 is 1.27 bits per heavy atom. The number of hydrogen-bond donors (Lipinski definition) is 2. The summed E-state index contributed by atoms with van der Waals surface area (Å²) < 4.78 is 19.0. The van der Waals surface area contributed by atoms with E-state index in [1.54, 1.807) is 19.2 Å². The van der Waals surface area contributed by atoms with Crippen molar-refractivity contribution in [2.45, 2.75) is 31.7 Å². The van der Waals surface area contributed by atoms with Crippen LogP contribution in [0.15, 0.2) is 29.3 Å². The summed E-state index contributed by atoms with van der Waals surface area (Å²) >= 11 is 0. The van der Waals surface area contributed by atoms with E-state index in [0.29, 0.717) is 6.04 Å². The van der Waals surface area contributed by atoms with Crippen LogP contribution in [0.1, 0.15) is 25.7 Å². The first kappa shape index (κ1) is 21.2. The van der Waals surface area contributed by atoms with Gasteiger partial charge in [0.2, 0.25) is 0 Å². The normalized spacial score (nSPS) is 18.4. The molecular formula is C19H30FIN4O. The van der Waals surface area contributed by atoms with E-state index in [-0.39, 0.29) is 29.8 Å². The predicted molar refractivity (Wildman–Crippen MR) is 115 cm³/mol. The quantitative estimate of drug-likeness (QED) is 0.275. The van der Waals surface area contributed by atoms with Gasteiger partial charge < -0.3 is 20.3 Å². The number of guanidine groups is 1. The fourth-order valence-electron chi connectivity index (χ4n) is 3.12. The topological polar surface area (TPSA) is 48.9 Å². The summed E-state index contributed by atoms with van der Waals surface area (Å²) in [5.74, 6) is 1.46. The van der Waals surface area contributed by atoms with Gasteiger partial charge in [0.15, 0.2) is 5.96 Å². The van der Waals surface area contributed by atoms with Crippen LogP contribution in [0.4, 0.5) is 10.1 Å². The van der Waals surface area contributed by atoms with Gasteiger partial charge in [-0.15, -0.1) is 24.0 Å². The first-order valence-corrected chi connectivity index (χ1v) is 9.30. The Bertz CT molecular complexity index is 574. The zero-order valence-corrected chi connectivity index (χ0v) is 17.7. The molecule has 1 heterocycles. The number of aliphatic imine (C=N–C) groups is 1. The molecule has 2 N–H and O–H groups in total. The zero-order valence-electron chi connectivity index (χ0n) is 15.4. The number of benzene rings is 1. The zero-order chi connectivity index (χ0) is 17.5. The van der Waals surface area contributed by atoms with E-state index in [2.05, 4.69) is 20.5 Å². The van der Waals surface area contributed by atoms with Crippen molar-refractivity contribution < 1.29 is 9.13 Å². The van der Waals surface area contributed by atoms with Crippen LogP contribution in [0.25, 0.3) is 0 Å². The van der Waals surface area contributed by atoms with Crippen molar-refractivity contribution in [1.82, 2.24) is 10.6 Å². The highest BCUT2D eigenvalue weighted by Crippen LogP contribution is 2.28. The van der Waals surface area contributed by atoms with Gasteiger partial charge in [0.1, 0.15) is 5.82 Å². The highest BCUT2D eigenvalue weighted by Gasteiger charge is 2.21. The molecule has 2 aliphatic rings. The van der Waals surface area contributed by atoms with E-state index in [0.717, 1.165) is 63.3 Å². The molecule has 5 nitrogen and oxygen atoms in total. The van der Waals surface area contributed by atoms with Gasteiger partial charge in [0, 0.05) is 45.0 Å². The summed E-state index contributed by atoms with van der Waals surface area (Å²) in [4.78, 5) is 6.53. The molecule has 7 heteroatoms. The van der Waals surface area contributed by atoms with E-state index in [9.17, 15) is 4.39 Å². The lowest BCUT2D eigenvalue weighted by molar-refractivity contribution is 0.129. The van der Waals surface area contributed by atoms with Crippen molar-refractivity contribution in [2.75, 3.05) is 44.8 Å². The maximum Gasteiger partial charge on any atom is 0.191 e. The highest BCUT2D eigenvalue weighted by atomic mass is 127. The number of piperidine rings is 1. The Hall–Kier alpha value is -1.09. The van der Waals surface area contributed by atoms with Crippen molar-refractivity contribution in [3.8, 4) is 0 Å². The fraction of sp³-hybridized carbons (Fsp3) is 0.632. The fourth-order valence-corrected chi connectivity index (χ4v) is 3.12. The lowest BCUT2D eigenvalue weighted by Crippen LogP contribution is -2.49. The Morgan fingerprint density at radius 3 is 2.69 bits per heavy atom. The molecule has 0 radical (unpaired) electrons. The smallest absolute Gasteiger partial charge is 0.191 e. The van der Waals surface area contributed by atoms with Crippen LogP contribution in [0.5, 0.6) is 0 Å². The summed E-state index contributed by atoms with van der Waals surface area (Å²) in [7, 11) is 1.79. The average molecular weight is 476 g/mol. The van der Waals surface area contributed by atoms with Crippen molar-refractivity contribution >= 4 is 35.6 Å². The van der Waals surface area contributed by atoms with Gasteiger partial charge in [-0.3, -0.25) is 4.99 Å². The molecular weight excluding hydrogens is 446 g/mol. The summed E-state index contributed by atoms with van der Waals surface area (Å²) in [6.07, 6.45) is 4.67. The molecule has 0 spiro atoms. The Kier molecular flexibility index (Phi) is 8.90. The van der Waals surface area contributed by atoms with Gasteiger partial charge in [0.05, 0.1) is 6.61 Å². The third-order valence-corrected chi connectivity index (χ3v) is 4.82. The van der Waals surface area contributed by atoms with E-state index < -0.39 is 0 Å². The molecule has 0 amide bonds. The summed E-state index contributed by atoms with van der Waals surface area (Å²) in [6, 6.07) is 7.23. The van der Waals surface area contributed by atoms with Gasteiger partial charge >= 0.3 is 0 Å². The minimum absolute atomic E-state index is 0. The van der Waals surface area contributed by atoms with E-state index in [1.165, 1.54) is 18.9 Å². The van der Waals surface area contributed by atoms with E-state index >= 15 is 0 Å². The van der Waals surface area contributed by atoms with Crippen LogP contribution < -0.4 is 15.5 Å². The second kappa shape index (κ2) is 10.9. The standard InChI is InChI=1S/C19H29FN4O.HI/c1-21-19(22-9-12-25-14-15-5-6-15)23-17-7-10-24(11-8-17)18-4-2-3-16(20)13-18;/h2-4,13,15,17H,5-12,14H2,1H3,(H2,21,22,23);1H. The number of anilines is 1. The van der Waals surface area contributed by atoms with Gasteiger partial charge in [-0.25, -0.2) is 4.39 Å². The van der Waals surface area contributed by atoms with Crippen molar-refractivity contribution in [2.24, 2.45) is 10.9 Å². The number of ether oxygens (including phenoxy) is 1. The molecule has 0 bridgehead atoms. The molecule has 0 unspecified atom stereocenters. The molecule has 2 fully saturated rings. The maximum absolute atomic E-state index is 13.4. The second-order valence-corrected chi connectivity index (χ2v) is 6.90. The van der Waals surface area contributed by atoms with Crippen LogP contribution in [0.2, 0.25) is 0 Å². The third kappa shape index (κ3) is 6.90. The lowest BCUT2D eigenvalue weighted by atomic mass is 10.0. The Morgan fingerprint density at radius 2 is 2.04 bits per heavy atom. The molecule has 26 heavy (non-hydrogen) atoms. The van der Waals surface area contributed by atoms with Gasteiger partial charge in [-0.1, -0.05) is 6.07 Å². The van der Waals surface area contributed by atoms with Crippen LogP contribution in [0.3, 0.4) is 0 Å². The first-order chi connectivity index (χ1) is 12.2. The minimum Gasteiger partial charge on any atom is -0.379 e. The molecule has 1 saturated carbocycles. The van der Waals surface area contributed by atoms with E-state index in [4.69, 9.17) is 4.74 Å². The van der Waals surface area contributed by atoms with Gasteiger partial charge in [0.25, 0.3) is 0 Å². The molecule has 1 aromatic rings.